The zero-order valence-corrected chi connectivity index (χ0v) is 15.5. The molecule has 2 aromatic heterocycles. The number of hydrogen-bond acceptors (Lipinski definition) is 3. The molecule has 0 amide bonds. The highest BCUT2D eigenvalue weighted by atomic mass is 16.4. The number of carbonyl (C=O) groups is 1. The van der Waals surface area contributed by atoms with Crippen molar-refractivity contribution in [1.82, 2.24) is 20.2 Å². The van der Waals surface area contributed by atoms with Crippen molar-refractivity contribution >= 4 is 27.9 Å². The molecule has 0 saturated carbocycles. The zero-order chi connectivity index (χ0) is 19.8. The number of aryl methyl sites for hydroxylation is 1. The van der Waals surface area contributed by atoms with Gasteiger partial charge in [-0.2, -0.15) is 5.10 Å². The number of H-pyrrole nitrogens is 2. The van der Waals surface area contributed by atoms with Crippen LogP contribution in [0.5, 0.6) is 0 Å². The second-order valence-corrected chi connectivity index (χ2v) is 7.02. The van der Waals surface area contributed by atoms with Gasteiger partial charge in [-0.05, 0) is 41.3 Å². The summed E-state index contributed by atoms with van der Waals surface area (Å²) >= 11 is 0. The van der Waals surface area contributed by atoms with Crippen LogP contribution in [0.1, 0.15) is 12.0 Å². The molecule has 2 heterocycles. The first-order valence-electron chi connectivity index (χ1n) is 9.42. The fourth-order valence-electron chi connectivity index (χ4n) is 3.56. The molecule has 3 N–H and O–H groups in total. The Labute approximate surface area is 166 Å². The Morgan fingerprint density at radius 3 is 2.55 bits per heavy atom. The standard InChI is InChI=1S/C23H18N4O2/c28-21(29)12-7-14-5-8-15(9-6-14)16-10-11-19-20(13-16)25-23(24-19)22-17-3-1-2-4-18(17)26-27-22/h1-6,8-11,13H,7,12H2,(H,24,25)(H,26,27)(H,28,29). The first kappa shape index (κ1) is 17.2. The van der Waals surface area contributed by atoms with Gasteiger partial charge in [0.1, 0.15) is 5.69 Å². The number of aromatic nitrogens is 4. The molecule has 6 nitrogen and oxygen atoms in total. The van der Waals surface area contributed by atoms with Gasteiger partial charge in [0.05, 0.1) is 16.6 Å². The predicted molar refractivity (Wildman–Crippen MR) is 113 cm³/mol. The Kier molecular flexibility index (Phi) is 4.09. The van der Waals surface area contributed by atoms with Crippen LogP contribution in [0.4, 0.5) is 0 Å². The van der Waals surface area contributed by atoms with E-state index in [4.69, 9.17) is 10.1 Å². The van der Waals surface area contributed by atoms with E-state index in [0.717, 1.165) is 50.1 Å². The number of carboxylic acids is 1. The minimum absolute atomic E-state index is 0.143. The van der Waals surface area contributed by atoms with E-state index in [-0.39, 0.29) is 6.42 Å². The Hall–Kier alpha value is -3.93. The molecule has 6 heteroatoms. The fraction of sp³-hybridized carbons (Fsp3) is 0.0870. The summed E-state index contributed by atoms with van der Waals surface area (Å²) in [7, 11) is 0. The molecule has 3 aromatic carbocycles. The summed E-state index contributed by atoms with van der Waals surface area (Å²) in [5.41, 5.74) is 6.80. The van der Waals surface area contributed by atoms with Crippen LogP contribution in [0.25, 0.3) is 44.6 Å². The first-order valence-corrected chi connectivity index (χ1v) is 9.42. The summed E-state index contributed by atoms with van der Waals surface area (Å²) in [5, 5.41) is 17.3. The molecule has 0 aliphatic rings. The van der Waals surface area contributed by atoms with Crippen molar-refractivity contribution in [2.75, 3.05) is 0 Å². The number of carboxylic acid groups (broad SMARTS) is 1. The normalized spacial score (nSPS) is 11.3. The van der Waals surface area contributed by atoms with Gasteiger partial charge in [0.25, 0.3) is 0 Å². The van der Waals surface area contributed by atoms with Crippen LogP contribution >= 0.6 is 0 Å². The maximum atomic E-state index is 10.7. The minimum atomic E-state index is -0.778. The molecule has 0 spiro atoms. The van der Waals surface area contributed by atoms with Crippen molar-refractivity contribution in [3.63, 3.8) is 0 Å². The molecule has 0 aliphatic carbocycles. The third-order valence-corrected chi connectivity index (χ3v) is 5.10. The largest absolute Gasteiger partial charge is 0.481 e. The van der Waals surface area contributed by atoms with Crippen LogP contribution in [0, 0.1) is 0 Å². The SMILES string of the molecule is O=C(O)CCc1ccc(-c2ccc3nc(-c4[nH]nc5ccccc45)[nH]c3c2)cc1. The highest BCUT2D eigenvalue weighted by Crippen LogP contribution is 2.28. The summed E-state index contributed by atoms with van der Waals surface area (Å²) in [6.07, 6.45) is 0.682. The van der Waals surface area contributed by atoms with E-state index in [1.54, 1.807) is 0 Å². The molecule has 0 atom stereocenters. The van der Waals surface area contributed by atoms with Gasteiger partial charge < -0.3 is 10.1 Å². The van der Waals surface area contributed by atoms with E-state index in [2.05, 4.69) is 21.2 Å². The van der Waals surface area contributed by atoms with Crippen LogP contribution < -0.4 is 0 Å². The van der Waals surface area contributed by atoms with E-state index < -0.39 is 5.97 Å². The lowest BCUT2D eigenvalue weighted by molar-refractivity contribution is -0.136. The van der Waals surface area contributed by atoms with E-state index >= 15 is 0 Å². The number of aromatic amines is 2. The van der Waals surface area contributed by atoms with Crippen molar-refractivity contribution in [1.29, 1.82) is 0 Å². The van der Waals surface area contributed by atoms with Crippen molar-refractivity contribution in [3.8, 4) is 22.6 Å². The number of benzene rings is 3. The molecule has 0 bridgehead atoms. The smallest absolute Gasteiger partial charge is 0.303 e. The number of rotatable bonds is 5. The lowest BCUT2D eigenvalue weighted by Crippen LogP contribution is -1.97. The zero-order valence-electron chi connectivity index (χ0n) is 15.5. The topological polar surface area (TPSA) is 94.7 Å². The summed E-state index contributed by atoms with van der Waals surface area (Å²) in [6.45, 7) is 0. The molecule has 0 fully saturated rings. The Morgan fingerprint density at radius 1 is 0.931 bits per heavy atom. The molecule has 5 aromatic rings. The number of para-hydroxylation sites is 1. The Morgan fingerprint density at radius 2 is 1.72 bits per heavy atom. The third kappa shape index (κ3) is 3.25. The Balaban J connectivity index is 1.47. The lowest BCUT2D eigenvalue weighted by atomic mass is 10.0. The van der Waals surface area contributed by atoms with Gasteiger partial charge in [-0.1, -0.05) is 48.5 Å². The van der Waals surface area contributed by atoms with Gasteiger partial charge >= 0.3 is 5.97 Å². The summed E-state index contributed by atoms with van der Waals surface area (Å²) in [4.78, 5) is 18.8. The molecule has 0 aliphatic heterocycles. The summed E-state index contributed by atoms with van der Waals surface area (Å²) in [5.74, 6) is -0.0190. The number of hydrogen-bond donors (Lipinski definition) is 3. The lowest BCUT2D eigenvalue weighted by Gasteiger charge is -2.04. The van der Waals surface area contributed by atoms with E-state index in [0.29, 0.717) is 6.42 Å². The van der Waals surface area contributed by atoms with Crippen molar-refractivity contribution < 1.29 is 9.90 Å². The van der Waals surface area contributed by atoms with Gasteiger partial charge in [0.2, 0.25) is 0 Å². The van der Waals surface area contributed by atoms with E-state index in [9.17, 15) is 4.79 Å². The van der Waals surface area contributed by atoms with Gasteiger partial charge in [-0.15, -0.1) is 0 Å². The quantitative estimate of drug-likeness (QED) is 0.407. The van der Waals surface area contributed by atoms with E-state index in [1.807, 2.05) is 60.7 Å². The van der Waals surface area contributed by atoms with Gasteiger partial charge in [-0.25, -0.2) is 4.98 Å². The molecule has 142 valence electrons. The monoisotopic (exact) mass is 382 g/mol. The average Bonchev–Trinajstić information content (AvgIpc) is 3.35. The first-order chi connectivity index (χ1) is 14.2. The van der Waals surface area contributed by atoms with Gasteiger partial charge in [-0.3, -0.25) is 9.89 Å². The van der Waals surface area contributed by atoms with Crippen molar-refractivity contribution in [2.45, 2.75) is 12.8 Å². The molecule has 0 saturated heterocycles. The maximum absolute atomic E-state index is 10.7. The van der Waals surface area contributed by atoms with Gasteiger partial charge in [0.15, 0.2) is 5.82 Å². The highest BCUT2D eigenvalue weighted by molar-refractivity contribution is 5.93. The third-order valence-electron chi connectivity index (χ3n) is 5.10. The van der Waals surface area contributed by atoms with Crippen LogP contribution in [0.2, 0.25) is 0 Å². The number of nitrogens with one attached hydrogen (secondary N) is 2. The number of fused-ring (bicyclic) bond motifs is 2. The summed E-state index contributed by atoms with van der Waals surface area (Å²) in [6, 6.07) is 22.1. The van der Waals surface area contributed by atoms with Crippen molar-refractivity contribution in [2.24, 2.45) is 0 Å². The summed E-state index contributed by atoms with van der Waals surface area (Å²) < 4.78 is 0. The molecule has 5 rings (SSSR count). The van der Waals surface area contributed by atoms with Crippen LogP contribution in [0.3, 0.4) is 0 Å². The maximum Gasteiger partial charge on any atom is 0.303 e. The Bertz CT molecular complexity index is 1330. The second-order valence-electron chi connectivity index (χ2n) is 7.02. The molecular weight excluding hydrogens is 364 g/mol. The molecule has 0 unspecified atom stereocenters. The van der Waals surface area contributed by atoms with Crippen LogP contribution in [0.15, 0.2) is 66.7 Å². The average molecular weight is 382 g/mol. The number of imidazole rings is 1. The van der Waals surface area contributed by atoms with Crippen LogP contribution in [-0.2, 0) is 11.2 Å². The number of nitrogens with zero attached hydrogens (tertiary/aromatic N) is 2. The minimum Gasteiger partial charge on any atom is -0.481 e. The predicted octanol–water partition coefficient (Wildman–Crippen LogP) is 4.79. The van der Waals surface area contributed by atoms with Crippen LogP contribution in [-0.4, -0.2) is 31.2 Å². The molecule has 29 heavy (non-hydrogen) atoms. The van der Waals surface area contributed by atoms with Gasteiger partial charge in [0, 0.05) is 11.8 Å². The molecule has 0 radical (unpaired) electrons. The van der Waals surface area contributed by atoms with E-state index in [1.165, 1.54) is 0 Å². The second kappa shape index (κ2) is 6.91. The highest BCUT2D eigenvalue weighted by Gasteiger charge is 2.12. The number of aliphatic carboxylic acids is 1. The van der Waals surface area contributed by atoms with Crippen molar-refractivity contribution in [3.05, 3.63) is 72.3 Å². The fourth-order valence-corrected chi connectivity index (χ4v) is 3.56. The molecular formula is C23H18N4O2.